The number of rotatable bonds is 11. The molecule has 0 aromatic carbocycles. The summed E-state index contributed by atoms with van der Waals surface area (Å²) in [6.45, 7) is 6.19. The van der Waals surface area contributed by atoms with Gasteiger partial charge >= 0.3 is 0 Å². The fourth-order valence-electron chi connectivity index (χ4n) is 2.23. The maximum absolute atomic E-state index is 12.8. The number of nitrogens with two attached hydrogens (primary N) is 1. The van der Waals surface area contributed by atoms with Crippen molar-refractivity contribution in [2.45, 2.75) is 33.1 Å². The predicted molar refractivity (Wildman–Crippen MR) is 84.7 cm³/mol. The van der Waals surface area contributed by atoms with Crippen molar-refractivity contribution in [3.8, 4) is 0 Å². The summed E-state index contributed by atoms with van der Waals surface area (Å²) in [5, 5.41) is 0. The van der Waals surface area contributed by atoms with E-state index in [-0.39, 0.29) is 10.9 Å². The summed E-state index contributed by atoms with van der Waals surface area (Å²) in [4.78, 5) is 14.9. The Morgan fingerprint density at radius 3 is 2.10 bits per heavy atom. The molecule has 0 aromatic heterocycles. The smallest absolute Gasteiger partial charge is 0.235 e. The number of hydrogen-bond acceptors (Lipinski definition) is 4. The fraction of sp³-hybridized carbons (Fsp3) is 0.857. The lowest BCUT2D eigenvalue weighted by Crippen LogP contribution is -2.51. The zero-order chi connectivity index (χ0) is 15.6. The Hall–Kier alpha value is -0.720. The van der Waals surface area contributed by atoms with Gasteiger partial charge in [-0.2, -0.15) is 0 Å². The van der Waals surface area contributed by atoms with Crippen LogP contribution in [0.2, 0.25) is 0 Å². The minimum Gasteiger partial charge on any atom is -0.392 e. The van der Waals surface area contributed by atoms with Crippen LogP contribution in [-0.2, 0) is 14.3 Å². The monoisotopic (exact) mass is 304 g/mol. The third-order valence-electron chi connectivity index (χ3n) is 3.72. The molecule has 0 heterocycles. The van der Waals surface area contributed by atoms with E-state index in [1.54, 1.807) is 19.1 Å². The van der Waals surface area contributed by atoms with E-state index in [4.69, 9.17) is 27.4 Å². The third kappa shape index (κ3) is 5.00. The first kappa shape index (κ1) is 19.3. The number of amides is 1. The zero-order valence-corrected chi connectivity index (χ0v) is 13.9. The largest absolute Gasteiger partial charge is 0.392 e. The van der Waals surface area contributed by atoms with Crippen LogP contribution < -0.4 is 5.73 Å². The standard InChI is InChI=1S/C14H28N2O3S/c1-5-14(6-2,12(15)20)13(17)16(9-11-19-4)8-7-10-18-3/h5-11H2,1-4H3,(H2,15,20). The first-order valence-corrected chi connectivity index (χ1v) is 7.48. The van der Waals surface area contributed by atoms with Crippen LogP contribution >= 0.6 is 12.2 Å². The van der Waals surface area contributed by atoms with Gasteiger partial charge in [-0.15, -0.1) is 0 Å². The van der Waals surface area contributed by atoms with Crippen LogP contribution in [0.5, 0.6) is 0 Å². The molecule has 6 heteroatoms. The number of thiocarbonyl (C=S) groups is 1. The summed E-state index contributed by atoms with van der Waals surface area (Å²) in [6, 6.07) is 0. The van der Waals surface area contributed by atoms with E-state index in [1.165, 1.54) is 0 Å². The summed E-state index contributed by atoms with van der Waals surface area (Å²) in [5.41, 5.74) is 5.10. The number of carbonyl (C=O) groups is 1. The molecule has 5 nitrogen and oxygen atoms in total. The summed E-state index contributed by atoms with van der Waals surface area (Å²) in [7, 11) is 3.27. The van der Waals surface area contributed by atoms with Gasteiger partial charge in [-0.3, -0.25) is 4.79 Å². The molecule has 0 fully saturated rings. The van der Waals surface area contributed by atoms with E-state index < -0.39 is 5.41 Å². The Morgan fingerprint density at radius 2 is 1.70 bits per heavy atom. The molecule has 0 atom stereocenters. The molecule has 0 rings (SSSR count). The lowest BCUT2D eigenvalue weighted by Gasteiger charge is -2.35. The molecule has 0 aromatic rings. The molecular weight excluding hydrogens is 276 g/mol. The average molecular weight is 304 g/mol. The van der Waals surface area contributed by atoms with Gasteiger partial charge in [0.1, 0.15) is 0 Å². The van der Waals surface area contributed by atoms with E-state index in [1.807, 2.05) is 13.8 Å². The highest BCUT2D eigenvalue weighted by molar-refractivity contribution is 7.80. The predicted octanol–water partition coefficient (Wildman–Crippen LogP) is 1.59. The van der Waals surface area contributed by atoms with Gasteiger partial charge in [0.05, 0.1) is 17.0 Å². The average Bonchev–Trinajstić information content (AvgIpc) is 2.44. The van der Waals surface area contributed by atoms with Gasteiger partial charge in [0.15, 0.2) is 0 Å². The SMILES string of the molecule is CCC(CC)(C(=O)N(CCCOC)CCOC)C(N)=S. The zero-order valence-electron chi connectivity index (χ0n) is 13.1. The second-order valence-electron chi connectivity index (χ2n) is 4.78. The molecular formula is C14H28N2O3S. The van der Waals surface area contributed by atoms with Crippen molar-refractivity contribution in [2.24, 2.45) is 11.1 Å². The first-order chi connectivity index (χ1) is 9.49. The minimum absolute atomic E-state index is 0.00292. The van der Waals surface area contributed by atoms with Crippen molar-refractivity contribution in [3.63, 3.8) is 0 Å². The van der Waals surface area contributed by atoms with Gasteiger partial charge in [0, 0.05) is 33.9 Å². The van der Waals surface area contributed by atoms with Crippen LogP contribution in [0.25, 0.3) is 0 Å². The van der Waals surface area contributed by atoms with E-state index in [9.17, 15) is 4.79 Å². The van der Waals surface area contributed by atoms with Crippen LogP contribution in [-0.4, -0.2) is 56.3 Å². The molecule has 0 saturated carbocycles. The van der Waals surface area contributed by atoms with Crippen molar-refractivity contribution in [1.29, 1.82) is 0 Å². The van der Waals surface area contributed by atoms with Gasteiger partial charge < -0.3 is 20.1 Å². The molecule has 1 amide bonds. The number of ether oxygens (including phenoxy) is 2. The Labute approximate surface area is 127 Å². The Balaban J connectivity index is 5.00. The first-order valence-electron chi connectivity index (χ1n) is 7.07. The van der Waals surface area contributed by atoms with E-state index in [2.05, 4.69) is 0 Å². The molecule has 0 unspecified atom stereocenters. The van der Waals surface area contributed by atoms with E-state index >= 15 is 0 Å². The van der Waals surface area contributed by atoms with Gasteiger partial charge in [-0.1, -0.05) is 26.1 Å². The summed E-state index contributed by atoms with van der Waals surface area (Å²) in [5.74, 6) is 0.00292. The topological polar surface area (TPSA) is 64.8 Å². The number of methoxy groups -OCH3 is 2. The van der Waals surface area contributed by atoms with Crippen molar-refractivity contribution in [3.05, 3.63) is 0 Å². The highest BCUT2D eigenvalue weighted by Gasteiger charge is 2.40. The molecule has 118 valence electrons. The Morgan fingerprint density at radius 1 is 1.15 bits per heavy atom. The lowest BCUT2D eigenvalue weighted by atomic mass is 9.80. The van der Waals surface area contributed by atoms with Gasteiger partial charge in [-0.05, 0) is 19.3 Å². The van der Waals surface area contributed by atoms with Gasteiger partial charge in [0.25, 0.3) is 0 Å². The Bertz CT molecular complexity index is 307. The second kappa shape index (κ2) is 10.1. The molecule has 0 radical (unpaired) electrons. The van der Waals surface area contributed by atoms with Crippen LogP contribution in [0.15, 0.2) is 0 Å². The molecule has 0 saturated heterocycles. The van der Waals surface area contributed by atoms with Crippen LogP contribution in [0, 0.1) is 5.41 Å². The van der Waals surface area contributed by atoms with Crippen molar-refractivity contribution < 1.29 is 14.3 Å². The highest BCUT2D eigenvalue weighted by atomic mass is 32.1. The maximum atomic E-state index is 12.8. The number of hydrogen-bond donors (Lipinski definition) is 1. The van der Waals surface area contributed by atoms with Crippen LogP contribution in [0.4, 0.5) is 0 Å². The summed E-state index contributed by atoms with van der Waals surface area (Å²) < 4.78 is 10.1. The molecule has 0 spiro atoms. The van der Waals surface area contributed by atoms with E-state index in [0.717, 1.165) is 6.42 Å². The molecule has 0 bridgehead atoms. The maximum Gasteiger partial charge on any atom is 0.235 e. The molecule has 0 aliphatic rings. The van der Waals surface area contributed by atoms with Crippen molar-refractivity contribution >= 4 is 23.1 Å². The van der Waals surface area contributed by atoms with E-state index in [0.29, 0.717) is 39.1 Å². The number of nitrogens with zero attached hydrogens (tertiary/aromatic N) is 1. The molecule has 0 aliphatic carbocycles. The lowest BCUT2D eigenvalue weighted by molar-refractivity contribution is -0.139. The molecule has 0 aliphatic heterocycles. The van der Waals surface area contributed by atoms with Gasteiger partial charge in [-0.25, -0.2) is 0 Å². The third-order valence-corrected chi connectivity index (χ3v) is 4.11. The van der Waals surface area contributed by atoms with Crippen molar-refractivity contribution in [2.75, 3.05) is 40.5 Å². The summed E-state index contributed by atoms with van der Waals surface area (Å²) >= 11 is 5.15. The minimum atomic E-state index is -0.740. The highest BCUT2D eigenvalue weighted by Crippen LogP contribution is 2.29. The van der Waals surface area contributed by atoms with Crippen LogP contribution in [0.3, 0.4) is 0 Å². The summed E-state index contributed by atoms with van der Waals surface area (Å²) in [6.07, 6.45) is 2.02. The second-order valence-corrected chi connectivity index (χ2v) is 5.22. The number of carbonyl (C=O) groups excluding carboxylic acids is 1. The molecule has 2 N–H and O–H groups in total. The fourth-order valence-corrected chi connectivity index (χ4v) is 2.60. The molecule has 20 heavy (non-hydrogen) atoms. The Kier molecular flexibility index (Phi) is 9.71. The quantitative estimate of drug-likeness (QED) is 0.464. The normalized spacial score (nSPS) is 11.4. The van der Waals surface area contributed by atoms with Gasteiger partial charge in [0.2, 0.25) is 5.91 Å². The van der Waals surface area contributed by atoms with Crippen LogP contribution in [0.1, 0.15) is 33.1 Å². The van der Waals surface area contributed by atoms with Crippen molar-refractivity contribution in [1.82, 2.24) is 4.90 Å².